The Hall–Kier alpha value is -3.43. The summed E-state index contributed by atoms with van der Waals surface area (Å²) in [5.74, 6) is -4.08. The van der Waals surface area contributed by atoms with Crippen molar-refractivity contribution in [2.45, 2.75) is 12.0 Å². The first-order valence-electron chi connectivity index (χ1n) is 7.86. The minimum Gasteiger partial charge on any atom is -0.494 e. The van der Waals surface area contributed by atoms with E-state index >= 15 is 0 Å². The monoisotopic (exact) mass is 378 g/mol. The summed E-state index contributed by atoms with van der Waals surface area (Å²) in [7, 11) is 4.65. The zero-order chi connectivity index (χ0) is 20.3. The molecule has 10 heteroatoms. The average molecular weight is 378 g/mol. The van der Waals surface area contributed by atoms with Gasteiger partial charge in [0.05, 0.1) is 19.8 Å². The molecule has 0 saturated carbocycles. The first kappa shape index (κ1) is 19.9. The van der Waals surface area contributed by atoms with E-state index in [0.29, 0.717) is 0 Å². The van der Waals surface area contributed by atoms with Crippen LogP contribution in [0.3, 0.4) is 0 Å². The zero-order valence-corrected chi connectivity index (χ0v) is 15.3. The molecule has 2 rings (SSSR count). The third-order valence-corrected chi connectivity index (χ3v) is 4.25. The largest absolute Gasteiger partial charge is 0.494 e. The normalized spacial score (nSPS) is 12.9. The van der Waals surface area contributed by atoms with Gasteiger partial charge in [0.2, 0.25) is 5.88 Å². The van der Waals surface area contributed by atoms with Crippen molar-refractivity contribution in [3.05, 3.63) is 57.0 Å². The summed E-state index contributed by atoms with van der Waals surface area (Å²) in [6.45, 7) is 0. The molecule has 0 radical (unpaired) electrons. The number of nitrogens with zero attached hydrogens (tertiary/aromatic N) is 3. The quantitative estimate of drug-likeness (QED) is 0.510. The van der Waals surface area contributed by atoms with Gasteiger partial charge in [-0.1, -0.05) is 6.07 Å². The number of ether oxygens (including phenoxy) is 2. The van der Waals surface area contributed by atoms with E-state index in [0.717, 1.165) is 23.4 Å². The highest BCUT2D eigenvalue weighted by Gasteiger charge is 2.47. The van der Waals surface area contributed by atoms with E-state index in [-0.39, 0.29) is 0 Å². The third-order valence-electron chi connectivity index (χ3n) is 4.25. The molecule has 10 nitrogen and oxygen atoms in total. The zero-order valence-electron chi connectivity index (χ0n) is 15.3. The van der Waals surface area contributed by atoms with Gasteiger partial charge in [-0.15, -0.1) is 0 Å². The molecule has 0 aliphatic rings. The van der Waals surface area contributed by atoms with Crippen molar-refractivity contribution in [1.82, 2.24) is 9.13 Å². The molecule has 0 aliphatic heterocycles. The molecule has 2 heterocycles. The smallest absolute Gasteiger partial charge is 0.376 e. The second-order valence-corrected chi connectivity index (χ2v) is 5.73. The lowest BCUT2D eigenvalue weighted by molar-refractivity contribution is -0.712. The summed E-state index contributed by atoms with van der Waals surface area (Å²) in [6.07, 6.45) is 3.00. The average Bonchev–Trinajstić information content (AvgIpc) is 2.69. The van der Waals surface area contributed by atoms with Crippen LogP contribution in [0.2, 0.25) is 0 Å². The molecule has 1 N–H and O–H groups in total. The number of esters is 2. The Balaban J connectivity index is 2.87. The first-order chi connectivity index (χ1) is 12.8. The fourth-order valence-electron chi connectivity index (χ4n) is 2.81. The van der Waals surface area contributed by atoms with E-state index < -0.39 is 46.6 Å². The summed E-state index contributed by atoms with van der Waals surface area (Å²) in [6, 6.07) is 3.58. The number of rotatable bonds is 5. The van der Waals surface area contributed by atoms with Crippen LogP contribution >= 0.6 is 0 Å². The number of carbonyl (C=O) groups excluding carboxylic acids is 2. The molecule has 0 fully saturated rings. The number of hydrogen-bond donors (Lipinski definition) is 1. The summed E-state index contributed by atoms with van der Waals surface area (Å²) >= 11 is 0. The molecule has 0 aromatic carbocycles. The number of carbonyl (C=O) groups is 2. The molecule has 2 atom stereocenters. The maximum atomic E-state index is 12.7. The van der Waals surface area contributed by atoms with Gasteiger partial charge in [0.25, 0.3) is 11.6 Å². The second kappa shape index (κ2) is 7.85. The van der Waals surface area contributed by atoms with Crippen LogP contribution in [0.1, 0.15) is 17.5 Å². The van der Waals surface area contributed by atoms with Gasteiger partial charge in [-0.05, 0) is 0 Å². The molecule has 0 amide bonds. The summed E-state index contributed by atoms with van der Waals surface area (Å²) < 4.78 is 12.5. The molecule has 2 aromatic rings. The molecular weight excluding hydrogens is 358 g/mol. The van der Waals surface area contributed by atoms with E-state index in [9.17, 15) is 24.3 Å². The van der Waals surface area contributed by atoms with Gasteiger partial charge in [-0.3, -0.25) is 18.7 Å². The van der Waals surface area contributed by atoms with Gasteiger partial charge in [0, 0.05) is 26.2 Å². The lowest BCUT2D eigenvalue weighted by atomic mass is 9.92. The lowest BCUT2D eigenvalue weighted by Crippen LogP contribution is -2.51. The van der Waals surface area contributed by atoms with Crippen molar-refractivity contribution < 1.29 is 28.7 Å². The van der Waals surface area contributed by atoms with Crippen LogP contribution in [-0.2, 0) is 33.2 Å². The topological polar surface area (TPSA) is 121 Å². The third kappa shape index (κ3) is 3.46. The van der Waals surface area contributed by atoms with Crippen molar-refractivity contribution in [1.29, 1.82) is 0 Å². The second-order valence-electron chi connectivity index (χ2n) is 5.73. The van der Waals surface area contributed by atoms with Crippen LogP contribution < -0.4 is 15.8 Å². The molecule has 0 bridgehead atoms. The minimum absolute atomic E-state index is 0.446. The molecule has 27 heavy (non-hydrogen) atoms. The minimum atomic E-state index is -1.56. The molecule has 0 spiro atoms. The molecule has 2 aromatic heterocycles. The van der Waals surface area contributed by atoms with Gasteiger partial charge >= 0.3 is 17.6 Å². The van der Waals surface area contributed by atoms with Crippen LogP contribution in [0.25, 0.3) is 0 Å². The van der Waals surface area contributed by atoms with E-state index in [4.69, 9.17) is 9.47 Å². The van der Waals surface area contributed by atoms with Crippen LogP contribution in [-0.4, -0.2) is 40.4 Å². The van der Waals surface area contributed by atoms with Gasteiger partial charge < -0.3 is 14.6 Å². The number of hydrogen-bond acceptors (Lipinski definition) is 7. The Morgan fingerprint density at radius 3 is 2.07 bits per heavy atom. The summed E-state index contributed by atoms with van der Waals surface area (Å²) in [4.78, 5) is 49.8. The number of aromatic hydroxyl groups is 1. The summed E-state index contributed by atoms with van der Waals surface area (Å²) in [5, 5.41) is 10.4. The highest BCUT2D eigenvalue weighted by molar-refractivity contribution is 5.86. The highest BCUT2D eigenvalue weighted by Crippen LogP contribution is 2.30. The van der Waals surface area contributed by atoms with E-state index in [1.807, 2.05) is 0 Å². The van der Waals surface area contributed by atoms with E-state index in [2.05, 4.69) is 0 Å². The molecule has 144 valence electrons. The van der Waals surface area contributed by atoms with E-state index in [1.165, 1.54) is 31.1 Å². The molecule has 0 aliphatic carbocycles. The Bertz CT molecular complexity index is 979. The van der Waals surface area contributed by atoms with Crippen LogP contribution in [0.15, 0.2) is 40.2 Å². The van der Waals surface area contributed by atoms with Gasteiger partial charge in [-0.2, -0.15) is 4.57 Å². The van der Waals surface area contributed by atoms with E-state index in [1.54, 1.807) is 18.2 Å². The SMILES string of the molecule is COC(=O)C(c1c(O)n(C)c(=O)n(C)c1=O)C(C(=O)OC)[n+]1ccccc1. The van der Waals surface area contributed by atoms with Crippen LogP contribution in [0.5, 0.6) is 5.88 Å². The van der Waals surface area contributed by atoms with Gasteiger partial charge in [-0.25, -0.2) is 9.59 Å². The Morgan fingerprint density at radius 1 is 1.00 bits per heavy atom. The molecule has 2 unspecified atom stereocenters. The Labute approximate surface area is 153 Å². The maximum absolute atomic E-state index is 12.7. The number of methoxy groups -OCH3 is 2. The number of aromatic nitrogens is 3. The Morgan fingerprint density at radius 2 is 1.56 bits per heavy atom. The number of pyridine rings is 1. The Kier molecular flexibility index (Phi) is 5.78. The fourth-order valence-corrected chi connectivity index (χ4v) is 2.81. The predicted octanol–water partition coefficient (Wildman–Crippen LogP) is -1.25. The maximum Gasteiger partial charge on any atom is 0.376 e. The van der Waals surface area contributed by atoms with Gasteiger partial charge in [0.1, 0.15) is 0 Å². The standard InChI is InChI=1S/C17H19N3O7/c1-18-13(21)11(14(22)19(2)17(18)25)10(15(23)26-3)12(16(24)27-4)20-8-6-5-7-9-20/h5-10,12H,1-4H3/p+1. The lowest BCUT2D eigenvalue weighted by Gasteiger charge is -2.21. The predicted molar refractivity (Wildman–Crippen MR) is 91.0 cm³/mol. The van der Waals surface area contributed by atoms with Crippen molar-refractivity contribution in [3.8, 4) is 5.88 Å². The first-order valence-corrected chi connectivity index (χ1v) is 7.86. The van der Waals surface area contributed by atoms with Crippen LogP contribution in [0, 0.1) is 0 Å². The van der Waals surface area contributed by atoms with Gasteiger partial charge in [0.15, 0.2) is 18.3 Å². The summed E-state index contributed by atoms with van der Waals surface area (Å²) in [5.41, 5.74) is -2.15. The molecule has 0 saturated heterocycles. The highest BCUT2D eigenvalue weighted by atomic mass is 16.5. The van der Waals surface area contributed by atoms with Crippen molar-refractivity contribution in [2.24, 2.45) is 14.1 Å². The van der Waals surface area contributed by atoms with Crippen molar-refractivity contribution >= 4 is 11.9 Å². The van der Waals surface area contributed by atoms with Crippen LogP contribution in [0.4, 0.5) is 0 Å². The molecular formula is C17H20N3O7+. The fraction of sp³-hybridized carbons (Fsp3) is 0.353. The van der Waals surface area contributed by atoms with Crippen molar-refractivity contribution in [2.75, 3.05) is 14.2 Å². The van der Waals surface area contributed by atoms with Crippen molar-refractivity contribution in [3.63, 3.8) is 0 Å².